The predicted molar refractivity (Wildman–Crippen MR) is 143 cm³/mol. The Morgan fingerprint density at radius 1 is 1.06 bits per heavy atom. The smallest absolute Gasteiger partial charge is 0.341 e. The topological polar surface area (TPSA) is 54.9 Å². The van der Waals surface area contributed by atoms with Crippen molar-refractivity contribution in [1.29, 1.82) is 0 Å². The van der Waals surface area contributed by atoms with Crippen LogP contribution in [0.25, 0.3) is 0 Å². The van der Waals surface area contributed by atoms with Gasteiger partial charge in [0.25, 0.3) is 0 Å². The molecule has 0 bridgehead atoms. The quantitative estimate of drug-likeness (QED) is 0.379. The summed E-state index contributed by atoms with van der Waals surface area (Å²) in [7, 11) is 0. The van der Waals surface area contributed by atoms with Gasteiger partial charge < -0.3 is 19.3 Å². The van der Waals surface area contributed by atoms with Crippen molar-refractivity contribution < 1.29 is 14.3 Å². The molecule has 0 saturated heterocycles. The van der Waals surface area contributed by atoms with Crippen LogP contribution >= 0.6 is 0 Å². The first-order valence-electron chi connectivity index (χ1n) is 13.1. The monoisotopic (exact) mass is 485 g/mol. The lowest BCUT2D eigenvalue weighted by Crippen LogP contribution is -2.44. The van der Waals surface area contributed by atoms with Crippen LogP contribution in [-0.4, -0.2) is 43.2 Å². The summed E-state index contributed by atoms with van der Waals surface area (Å²) in [6, 6.07) is 18.4. The predicted octanol–water partition coefficient (Wildman–Crippen LogP) is 5.75. The van der Waals surface area contributed by atoms with Gasteiger partial charge in [0, 0.05) is 54.9 Å². The summed E-state index contributed by atoms with van der Waals surface area (Å²) in [6.07, 6.45) is 1.75. The molecule has 0 N–H and O–H groups in total. The molecule has 3 atom stereocenters. The van der Waals surface area contributed by atoms with Crippen LogP contribution in [0.4, 0.5) is 11.4 Å². The minimum Gasteiger partial charge on any atom is -0.493 e. The van der Waals surface area contributed by atoms with E-state index in [2.05, 4.69) is 80.0 Å². The minimum atomic E-state index is -1.11. The Bertz CT molecular complexity index is 1270. The van der Waals surface area contributed by atoms with E-state index in [0.29, 0.717) is 17.9 Å². The second-order valence-electron chi connectivity index (χ2n) is 9.37. The van der Waals surface area contributed by atoms with Gasteiger partial charge in [-0.3, -0.25) is 4.98 Å². The van der Waals surface area contributed by atoms with Crippen LogP contribution in [0.3, 0.4) is 0 Å². The van der Waals surface area contributed by atoms with Gasteiger partial charge in [0.05, 0.1) is 18.1 Å². The molecule has 5 rings (SSSR count). The standard InChI is InChI=1S/C30H35N3O3/c1-6-32(7-2)21-16-17-24(26(19-21)35-9-4)30(28-23(29(34)36-30)14-12-18-31-28)27-20(5)33(8-3)25-15-11-10-13-22(25)27/h10-20,27H,6-9H2,1-5H3. The molecule has 36 heavy (non-hydrogen) atoms. The number of nitrogens with zero attached hydrogens (tertiary/aromatic N) is 3. The van der Waals surface area contributed by atoms with E-state index in [4.69, 9.17) is 14.5 Å². The lowest BCUT2D eigenvalue weighted by molar-refractivity contribution is -0.00613. The van der Waals surface area contributed by atoms with Gasteiger partial charge in [-0.05, 0) is 70.5 Å². The summed E-state index contributed by atoms with van der Waals surface area (Å²) in [5, 5.41) is 0. The van der Waals surface area contributed by atoms with Crippen molar-refractivity contribution in [2.24, 2.45) is 0 Å². The largest absolute Gasteiger partial charge is 0.493 e. The SMILES string of the molecule is CCOc1cc(N(CC)CC)ccc1C1(C2c3ccccc3N(CC)C2C)OC(=O)c2cccnc21. The Labute approximate surface area is 213 Å². The Hall–Kier alpha value is -3.54. The van der Waals surface area contributed by atoms with E-state index >= 15 is 0 Å². The van der Waals surface area contributed by atoms with Crippen LogP contribution in [0, 0.1) is 0 Å². The van der Waals surface area contributed by atoms with E-state index in [-0.39, 0.29) is 17.9 Å². The van der Waals surface area contributed by atoms with Crippen molar-refractivity contribution in [2.75, 3.05) is 36.0 Å². The number of benzene rings is 2. The maximum atomic E-state index is 13.4. The second kappa shape index (κ2) is 9.49. The molecule has 0 spiro atoms. The highest BCUT2D eigenvalue weighted by atomic mass is 16.6. The maximum absolute atomic E-state index is 13.4. The van der Waals surface area contributed by atoms with Crippen LogP contribution in [0.1, 0.15) is 67.7 Å². The molecule has 2 aliphatic rings. The zero-order valence-electron chi connectivity index (χ0n) is 21.8. The van der Waals surface area contributed by atoms with Crippen molar-refractivity contribution in [1.82, 2.24) is 4.98 Å². The number of pyridine rings is 1. The van der Waals surface area contributed by atoms with E-state index < -0.39 is 5.60 Å². The van der Waals surface area contributed by atoms with Crippen molar-refractivity contribution in [3.05, 3.63) is 83.2 Å². The number of ether oxygens (including phenoxy) is 2. The van der Waals surface area contributed by atoms with Gasteiger partial charge in [-0.2, -0.15) is 0 Å². The molecule has 0 amide bonds. The summed E-state index contributed by atoms with van der Waals surface area (Å²) in [6.45, 7) is 13.8. The normalized spacial score (nSPS) is 22.2. The molecule has 6 nitrogen and oxygen atoms in total. The molecule has 2 aromatic carbocycles. The Kier molecular flexibility index (Phi) is 6.37. The third kappa shape index (κ3) is 3.46. The fourth-order valence-electron chi connectivity index (χ4n) is 6.24. The van der Waals surface area contributed by atoms with Crippen LogP contribution < -0.4 is 14.5 Å². The molecular formula is C30H35N3O3. The number of carbonyl (C=O) groups is 1. The molecular weight excluding hydrogens is 450 g/mol. The third-order valence-corrected chi connectivity index (χ3v) is 7.76. The molecule has 0 saturated carbocycles. The first kappa shape index (κ1) is 24.2. The van der Waals surface area contributed by atoms with Crippen molar-refractivity contribution in [3.8, 4) is 5.75 Å². The molecule has 6 heteroatoms. The van der Waals surface area contributed by atoms with Gasteiger partial charge >= 0.3 is 5.97 Å². The molecule has 1 aromatic heterocycles. The number of esters is 1. The van der Waals surface area contributed by atoms with Crippen molar-refractivity contribution in [3.63, 3.8) is 0 Å². The highest BCUT2D eigenvalue weighted by Gasteiger charge is 2.60. The number of para-hydroxylation sites is 1. The summed E-state index contributed by atoms with van der Waals surface area (Å²) in [5.41, 5.74) is 4.34. The van der Waals surface area contributed by atoms with E-state index in [0.717, 1.165) is 42.2 Å². The van der Waals surface area contributed by atoms with Crippen LogP contribution in [0.2, 0.25) is 0 Å². The molecule has 3 aromatic rings. The Morgan fingerprint density at radius 2 is 1.83 bits per heavy atom. The van der Waals surface area contributed by atoms with E-state index in [1.54, 1.807) is 12.3 Å². The van der Waals surface area contributed by atoms with Gasteiger partial charge in [-0.1, -0.05) is 18.2 Å². The number of fused-ring (bicyclic) bond motifs is 2. The first-order chi connectivity index (χ1) is 17.5. The fraction of sp³-hybridized carbons (Fsp3) is 0.400. The van der Waals surface area contributed by atoms with Gasteiger partial charge in [0.1, 0.15) is 11.4 Å². The van der Waals surface area contributed by atoms with E-state index in [1.807, 2.05) is 13.0 Å². The average Bonchev–Trinajstić information content (AvgIpc) is 3.36. The molecule has 0 fully saturated rings. The number of hydrogen-bond acceptors (Lipinski definition) is 6. The summed E-state index contributed by atoms with van der Waals surface area (Å²) < 4.78 is 12.8. The zero-order valence-corrected chi connectivity index (χ0v) is 21.8. The van der Waals surface area contributed by atoms with E-state index in [9.17, 15) is 4.79 Å². The highest BCUT2D eigenvalue weighted by Crippen LogP contribution is 2.58. The number of cyclic esters (lactones) is 1. The highest BCUT2D eigenvalue weighted by molar-refractivity contribution is 5.95. The second-order valence-corrected chi connectivity index (χ2v) is 9.37. The minimum absolute atomic E-state index is 0.0742. The van der Waals surface area contributed by atoms with Gasteiger partial charge in [-0.25, -0.2) is 4.79 Å². The maximum Gasteiger partial charge on any atom is 0.341 e. The van der Waals surface area contributed by atoms with Gasteiger partial charge in [0.2, 0.25) is 0 Å². The van der Waals surface area contributed by atoms with E-state index in [1.165, 1.54) is 5.69 Å². The van der Waals surface area contributed by atoms with Crippen LogP contribution in [-0.2, 0) is 10.3 Å². The third-order valence-electron chi connectivity index (χ3n) is 7.76. The number of hydrogen-bond donors (Lipinski definition) is 0. The average molecular weight is 486 g/mol. The molecule has 3 unspecified atom stereocenters. The number of carbonyl (C=O) groups excluding carboxylic acids is 1. The van der Waals surface area contributed by atoms with Crippen LogP contribution in [0.15, 0.2) is 60.8 Å². The van der Waals surface area contributed by atoms with Crippen molar-refractivity contribution >= 4 is 17.3 Å². The molecule has 188 valence electrons. The lowest BCUT2D eigenvalue weighted by atomic mass is 9.72. The summed E-state index contributed by atoms with van der Waals surface area (Å²) in [5.74, 6) is 0.230. The first-order valence-corrected chi connectivity index (χ1v) is 13.1. The lowest BCUT2D eigenvalue weighted by Gasteiger charge is -2.39. The number of likely N-dealkylation sites (N-methyl/N-ethyl adjacent to an activating group) is 1. The molecule has 0 radical (unpaired) electrons. The summed E-state index contributed by atoms with van der Waals surface area (Å²) >= 11 is 0. The van der Waals surface area contributed by atoms with Gasteiger partial charge in [-0.15, -0.1) is 0 Å². The summed E-state index contributed by atoms with van der Waals surface area (Å²) in [4.78, 5) is 22.9. The van der Waals surface area contributed by atoms with Gasteiger partial charge in [0.15, 0.2) is 5.60 Å². The number of rotatable bonds is 8. The number of anilines is 2. The Balaban J connectivity index is 1.81. The van der Waals surface area contributed by atoms with Crippen LogP contribution in [0.5, 0.6) is 5.75 Å². The molecule has 0 aliphatic carbocycles. The van der Waals surface area contributed by atoms with Crippen molar-refractivity contribution in [2.45, 2.75) is 52.2 Å². The zero-order chi connectivity index (χ0) is 25.4. The molecule has 2 aliphatic heterocycles. The number of aromatic nitrogens is 1. The molecule has 3 heterocycles. The Morgan fingerprint density at radius 3 is 2.56 bits per heavy atom. The fourth-order valence-corrected chi connectivity index (χ4v) is 6.24.